The number of amides is 2. The van der Waals surface area contributed by atoms with Gasteiger partial charge in [0.05, 0.1) is 5.41 Å². The molecular weight excluding hydrogens is 410 g/mol. The van der Waals surface area contributed by atoms with Crippen molar-refractivity contribution in [3.8, 4) is 11.1 Å². The van der Waals surface area contributed by atoms with Crippen LogP contribution in [0.4, 0.5) is 0 Å². The van der Waals surface area contributed by atoms with Gasteiger partial charge in [0, 0.05) is 37.9 Å². The van der Waals surface area contributed by atoms with E-state index in [2.05, 4.69) is 53.3 Å². The van der Waals surface area contributed by atoms with E-state index in [1.807, 2.05) is 17.0 Å². The molecule has 5 heteroatoms. The maximum absolute atomic E-state index is 13.3. The summed E-state index contributed by atoms with van der Waals surface area (Å²) >= 11 is 0. The molecule has 2 heterocycles. The first-order chi connectivity index (χ1) is 16.1. The van der Waals surface area contributed by atoms with Gasteiger partial charge in [0.15, 0.2) is 0 Å². The van der Waals surface area contributed by atoms with Gasteiger partial charge in [-0.25, -0.2) is 0 Å². The molecule has 1 aromatic carbocycles. The lowest BCUT2D eigenvalue weighted by molar-refractivity contribution is -0.143. The van der Waals surface area contributed by atoms with Crippen LogP contribution in [0.15, 0.2) is 73.6 Å². The summed E-state index contributed by atoms with van der Waals surface area (Å²) in [5.41, 5.74) is 2.84. The highest BCUT2D eigenvalue weighted by Gasteiger charge is 2.42. The number of hydrogen-bond acceptors (Lipinski definition) is 3. The number of carbonyl (C=O) groups excluding carboxylic acids is 2. The Balaban J connectivity index is 1.51. The second-order valence-corrected chi connectivity index (χ2v) is 9.20. The molecule has 1 aliphatic carbocycles. The molecule has 33 heavy (non-hydrogen) atoms. The molecule has 4 rings (SSSR count). The van der Waals surface area contributed by atoms with E-state index in [1.54, 1.807) is 18.5 Å². The van der Waals surface area contributed by atoms with Gasteiger partial charge in [0.2, 0.25) is 11.8 Å². The first-order valence-electron chi connectivity index (χ1n) is 11.9. The lowest BCUT2D eigenvalue weighted by atomic mass is 9.72. The maximum Gasteiger partial charge on any atom is 0.226 e. The van der Waals surface area contributed by atoms with Gasteiger partial charge in [-0.1, -0.05) is 42.5 Å². The van der Waals surface area contributed by atoms with E-state index in [-0.39, 0.29) is 17.7 Å². The molecule has 2 amide bonds. The lowest BCUT2D eigenvalue weighted by Crippen LogP contribution is -2.52. The van der Waals surface area contributed by atoms with Crippen molar-refractivity contribution in [2.45, 2.75) is 38.5 Å². The van der Waals surface area contributed by atoms with Crippen LogP contribution in [-0.4, -0.2) is 41.3 Å². The third-order valence-corrected chi connectivity index (χ3v) is 7.02. The van der Waals surface area contributed by atoms with Crippen LogP contribution in [0.1, 0.15) is 37.7 Å². The molecule has 1 N–H and O–H groups in total. The molecule has 1 fully saturated rings. The summed E-state index contributed by atoms with van der Waals surface area (Å²) in [6, 6.07) is 12.4. The molecule has 1 aromatic heterocycles. The van der Waals surface area contributed by atoms with Crippen molar-refractivity contribution < 1.29 is 9.59 Å². The summed E-state index contributed by atoms with van der Waals surface area (Å²) < 4.78 is 0. The summed E-state index contributed by atoms with van der Waals surface area (Å²) in [5, 5.41) is 3.04. The fraction of sp³-hybridized carbons (Fsp3) is 0.393. The Morgan fingerprint density at radius 1 is 1.12 bits per heavy atom. The van der Waals surface area contributed by atoms with Gasteiger partial charge in [-0.2, -0.15) is 0 Å². The van der Waals surface area contributed by atoms with Crippen LogP contribution in [0, 0.1) is 11.3 Å². The minimum atomic E-state index is -0.525. The molecule has 0 radical (unpaired) electrons. The molecule has 2 aromatic rings. The van der Waals surface area contributed by atoms with Gasteiger partial charge in [-0.05, 0) is 67.3 Å². The molecule has 5 nitrogen and oxygen atoms in total. The highest BCUT2D eigenvalue weighted by molar-refractivity contribution is 5.84. The van der Waals surface area contributed by atoms with Crippen molar-refractivity contribution in [3.63, 3.8) is 0 Å². The Morgan fingerprint density at radius 3 is 2.61 bits per heavy atom. The number of carbonyl (C=O) groups is 2. The highest BCUT2D eigenvalue weighted by atomic mass is 16.2. The van der Waals surface area contributed by atoms with Crippen LogP contribution in [0.25, 0.3) is 11.1 Å². The molecule has 172 valence electrons. The van der Waals surface area contributed by atoms with Crippen molar-refractivity contribution in [2.24, 2.45) is 11.3 Å². The zero-order chi connectivity index (χ0) is 23.1. The van der Waals surface area contributed by atoms with Crippen molar-refractivity contribution in [3.05, 3.63) is 79.2 Å². The Bertz CT molecular complexity index is 1010. The van der Waals surface area contributed by atoms with Gasteiger partial charge in [-0.3, -0.25) is 14.6 Å². The van der Waals surface area contributed by atoms with E-state index in [0.717, 1.165) is 36.0 Å². The van der Waals surface area contributed by atoms with Crippen LogP contribution in [-0.2, 0) is 16.0 Å². The maximum atomic E-state index is 13.3. The number of benzene rings is 1. The summed E-state index contributed by atoms with van der Waals surface area (Å²) in [6.07, 6.45) is 14.3. The normalized spacial score (nSPS) is 19.6. The monoisotopic (exact) mass is 443 g/mol. The molecule has 0 unspecified atom stereocenters. The number of likely N-dealkylation sites (tertiary alicyclic amines) is 1. The summed E-state index contributed by atoms with van der Waals surface area (Å²) in [4.78, 5) is 32.5. The predicted molar refractivity (Wildman–Crippen MR) is 131 cm³/mol. The van der Waals surface area contributed by atoms with E-state index < -0.39 is 5.41 Å². The van der Waals surface area contributed by atoms with E-state index in [0.29, 0.717) is 38.9 Å². The Morgan fingerprint density at radius 2 is 1.91 bits per heavy atom. The number of pyridine rings is 1. The quantitative estimate of drug-likeness (QED) is 0.638. The Hall–Kier alpha value is -3.21. The number of hydrogen-bond donors (Lipinski definition) is 1. The van der Waals surface area contributed by atoms with Gasteiger partial charge >= 0.3 is 0 Å². The molecule has 0 spiro atoms. The van der Waals surface area contributed by atoms with E-state index in [9.17, 15) is 9.59 Å². The van der Waals surface area contributed by atoms with Crippen molar-refractivity contribution >= 4 is 11.8 Å². The third-order valence-electron chi connectivity index (χ3n) is 7.02. The Labute approximate surface area is 196 Å². The smallest absolute Gasteiger partial charge is 0.226 e. The van der Waals surface area contributed by atoms with E-state index >= 15 is 0 Å². The average molecular weight is 444 g/mol. The molecule has 1 atom stereocenters. The van der Waals surface area contributed by atoms with Crippen molar-refractivity contribution in [2.75, 3.05) is 19.6 Å². The van der Waals surface area contributed by atoms with Gasteiger partial charge < -0.3 is 10.2 Å². The van der Waals surface area contributed by atoms with E-state index in [1.165, 1.54) is 0 Å². The van der Waals surface area contributed by atoms with Crippen molar-refractivity contribution in [1.82, 2.24) is 15.2 Å². The molecule has 2 aliphatic rings. The standard InChI is InChI=1S/C28H33N3O2/c1-2-15-30-27(33)28(13-18-31(19-14-28)26(32)24-8-4-3-5-9-24)21-22-7-6-10-25(20-22)23-11-16-29-17-12-23/h2-4,6-7,10-12,16-17,20,24H,1,5,8-9,13-15,18-19,21H2,(H,30,33)/t24-/m1/s1. The van der Waals surface area contributed by atoms with Crippen LogP contribution in [0.2, 0.25) is 0 Å². The molecular formula is C28H33N3O2. The Kier molecular flexibility index (Phi) is 7.38. The summed E-state index contributed by atoms with van der Waals surface area (Å²) in [5.74, 6) is 0.401. The highest BCUT2D eigenvalue weighted by Crippen LogP contribution is 2.37. The molecule has 1 saturated heterocycles. The number of rotatable bonds is 7. The minimum Gasteiger partial charge on any atom is -0.352 e. The number of allylic oxidation sites excluding steroid dienone is 2. The molecule has 0 saturated carbocycles. The van der Waals surface area contributed by atoms with Gasteiger partial charge in [-0.15, -0.1) is 6.58 Å². The lowest BCUT2D eigenvalue weighted by Gasteiger charge is -2.42. The summed E-state index contributed by atoms with van der Waals surface area (Å²) in [7, 11) is 0. The minimum absolute atomic E-state index is 0.0596. The number of nitrogens with zero attached hydrogens (tertiary/aromatic N) is 2. The first-order valence-corrected chi connectivity index (χ1v) is 11.9. The SMILES string of the molecule is C=CCNC(=O)C1(Cc2cccc(-c3ccncc3)c2)CCN(C(=O)[C@@H]2CC=CCC2)CC1. The fourth-order valence-electron chi connectivity index (χ4n) is 5.06. The third kappa shape index (κ3) is 5.41. The largest absolute Gasteiger partial charge is 0.352 e. The molecule has 1 aliphatic heterocycles. The fourth-order valence-corrected chi connectivity index (χ4v) is 5.06. The van der Waals surface area contributed by atoms with Crippen molar-refractivity contribution in [1.29, 1.82) is 0 Å². The van der Waals surface area contributed by atoms with Crippen LogP contribution < -0.4 is 5.32 Å². The number of piperidine rings is 1. The van der Waals surface area contributed by atoms with E-state index in [4.69, 9.17) is 0 Å². The van der Waals surface area contributed by atoms with Crippen LogP contribution in [0.5, 0.6) is 0 Å². The predicted octanol–water partition coefficient (Wildman–Crippen LogP) is 4.56. The van der Waals surface area contributed by atoms with Crippen LogP contribution >= 0.6 is 0 Å². The van der Waals surface area contributed by atoms with Gasteiger partial charge in [0.25, 0.3) is 0 Å². The number of aromatic nitrogens is 1. The molecule has 0 bridgehead atoms. The zero-order valence-electron chi connectivity index (χ0n) is 19.2. The zero-order valence-corrected chi connectivity index (χ0v) is 19.2. The average Bonchev–Trinajstić information content (AvgIpc) is 2.88. The number of nitrogens with one attached hydrogen (secondary N) is 1. The second-order valence-electron chi connectivity index (χ2n) is 9.20. The topological polar surface area (TPSA) is 62.3 Å². The van der Waals surface area contributed by atoms with Crippen LogP contribution in [0.3, 0.4) is 0 Å². The first kappa shape index (κ1) is 23.0. The summed E-state index contributed by atoms with van der Waals surface area (Å²) in [6.45, 7) is 5.45. The second kappa shape index (κ2) is 10.6. The van der Waals surface area contributed by atoms with Gasteiger partial charge in [0.1, 0.15) is 0 Å².